The maximum absolute atomic E-state index is 13.4. The van der Waals surface area contributed by atoms with Crippen molar-refractivity contribution in [1.82, 2.24) is 19.7 Å². The molecule has 2 amide bonds. The highest BCUT2D eigenvalue weighted by Crippen LogP contribution is 2.35. The maximum atomic E-state index is 13.4. The van der Waals surface area contributed by atoms with Gasteiger partial charge in [0.25, 0.3) is 0 Å². The molecule has 0 aliphatic rings. The third kappa shape index (κ3) is 7.51. The minimum Gasteiger partial charge on any atom is -0.465 e. The molecule has 0 fully saturated rings. The van der Waals surface area contributed by atoms with Crippen LogP contribution in [0.3, 0.4) is 0 Å². The van der Waals surface area contributed by atoms with E-state index in [9.17, 15) is 9.59 Å². The zero-order chi connectivity index (χ0) is 34.7. The van der Waals surface area contributed by atoms with Gasteiger partial charge in [0.05, 0.1) is 29.7 Å². The summed E-state index contributed by atoms with van der Waals surface area (Å²) in [5.74, 6) is 1.26. The Balaban J connectivity index is 1.22. The second-order valence-corrected chi connectivity index (χ2v) is 12.7. The minimum atomic E-state index is -0.435. The van der Waals surface area contributed by atoms with Crippen LogP contribution in [0.4, 0.5) is 27.9 Å². The van der Waals surface area contributed by atoms with Gasteiger partial charge in [-0.25, -0.2) is 19.3 Å². The molecule has 2 heterocycles. The van der Waals surface area contributed by atoms with E-state index in [0.717, 1.165) is 33.3 Å². The van der Waals surface area contributed by atoms with Crippen molar-refractivity contribution in [2.45, 2.75) is 40.0 Å². The van der Waals surface area contributed by atoms with Gasteiger partial charge in [-0.3, -0.25) is 5.32 Å². The number of amides is 2. The Hall–Kier alpha value is -6.23. The minimum absolute atomic E-state index is 0.218. The van der Waals surface area contributed by atoms with Crippen molar-refractivity contribution >= 4 is 45.9 Å². The lowest BCUT2D eigenvalue weighted by molar-refractivity contribution is 0.0600. The Bertz CT molecular complexity index is 2170. The molecule has 6 rings (SSSR count). The van der Waals surface area contributed by atoms with Crippen LogP contribution in [0.2, 0.25) is 0 Å². The number of anilines is 4. The van der Waals surface area contributed by atoms with Crippen LogP contribution in [-0.4, -0.2) is 38.9 Å². The van der Waals surface area contributed by atoms with Crippen LogP contribution in [0.5, 0.6) is 11.6 Å². The smallest absolute Gasteiger partial charge is 0.337 e. The fraction of sp³-hybridized carbons (Fsp3) is 0.184. The number of benzene rings is 4. The lowest BCUT2D eigenvalue weighted by Crippen LogP contribution is -2.21. The summed E-state index contributed by atoms with van der Waals surface area (Å²) in [6.45, 7) is 10.2. The molecule has 248 valence electrons. The number of hydrogen-bond acceptors (Lipinski definition) is 8. The molecule has 11 nitrogen and oxygen atoms in total. The van der Waals surface area contributed by atoms with Crippen LogP contribution in [0, 0.1) is 13.8 Å². The van der Waals surface area contributed by atoms with E-state index in [2.05, 4.69) is 46.7 Å². The molecule has 6 aromatic rings. The van der Waals surface area contributed by atoms with Gasteiger partial charge < -0.3 is 20.1 Å². The quantitative estimate of drug-likeness (QED) is 0.139. The molecule has 0 bridgehead atoms. The summed E-state index contributed by atoms with van der Waals surface area (Å²) in [4.78, 5) is 34.3. The standard InChI is InChI=1S/C38H37N7O4/c1-23-11-13-27(14-12-23)45-33(22-32(44-45)38(3,4)5)42-37(47)41-30-15-16-31(29-10-8-7-9-28(29)30)49-34-17-18-39-36(43-34)40-26-20-24(2)19-25(21-26)35(46)48-6/h7-22H,1-6H3,(H,39,40,43)(H2,41,42,47). The van der Waals surface area contributed by atoms with Crippen LogP contribution in [0.1, 0.15) is 48.0 Å². The molecule has 4 aromatic carbocycles. The Kier molecular flexibility index (Phi) is 9.00. The largest absolute Gasteiger partial charge is 0.465 e. The number of carbonyl (C=O) groups is 2. The summed E-state index contributed by atoms with van der Waals surface area (Å²) in [6.07, 6.45) is 1.58. The van der Waals surface area contributed by atoms with Gasteiger partial charge in [-0.1, -0.05) is 62.7 Å². The molecule has 3 N–H and O–H groups in total. The predicted octanol–water partition coefficient (Wildman–Crippen LogP) is 8.70. The molecule has 0 atom stereocenters. The molecule has 49 heavy (non-hydrogen) atoms. The van der Waals surface area contributed by atoms with Crippen LogP contribution >= 0.6 is 0 Å². The van der Waals surface area contributed by atoms with E-state index in [1.807, 2.05) is 74.5 Å². The number of aryl methyl sites for hydroxylation is 2. The number of carbonyl (C=O) groups excluding carboxylic acids is 2. The molecule has 2 aromatic heterocycles. The third-order valence-corrected chi connectivity index (χ3v) is 7.73. The fourth-order valence-electron chi connectivity index (χ4n) is 5.25. The van der Waals surface area contributed by atoms with Gasteiger partial charge in [0, 0.05) is 40.2 Å². The van der Waals surface area contributed by atoms with Gasteiger partial charge in [-0.2, -0.15) is 10.1 Å². The fourth-order valence-corrected chi connectivity index (χ4v) is 5.25. The van der Waals surface area contributed by atoms with Crippen molar-refractivity contribution in [1.29, 1.82) is 0 Å². The molecule has 11 heteroatoms. The molecular formula is C38H37N7O4. The van der Waals surface area contributed by atoms with E-state index < -0.39 is 12.0 Å². The molecule has 0 unspecified atom stereocenters. The predicted molar refractivity (Wildman–Crippen MR) is 191 cm³/mol. The van der Waals surface area contributed by atoms with E-state index in [0.29, 0.717) is 34.4 Å². The molecule has 0 saturated heterocycles. The number of nitrogens with zero attached hydrogens (tertiary/aromatic N) is 4. The number of esters is 1. The maximum Gasteiger partial charge on any atom is 0.337 e. The van der Waals surface area contributed by atoms with Gasteiger partial charge >= 0.3 is 12.0 Å². The van der Waals surface area contributed by atoms with Crippen molar-refractivity contribution in [3.8, 4) is 17.3 Å². The van der Waals surface area contributed by atoms with Gasteiger partial charge in [0.15, 0.2) is 0 Å². The highest BCUT2D eigenvalue weighted by Gasteiger charge is 2.22. The first-order valence-electron chi connectivity index (χ1n) is 15.7. The third-order valence-electron chi connectivity index (χ3n) is 7.73. The molecule has 0 aliphatic heterocycles. The van der Waals surface area contributed by atoms with E-state index in [1.165, 1.54) is 7.11 Å². The molecule has 0 radical (unpaired) electrons. The summed E-state index contributed by atoms with van der Waals surface area (Å²) in [5.41, 5.74) is 5.13. The van der Waals surface area contributed by atoms with E-state index in [1.54, 1.807) is 41.2 Å². The van der Waals surface area contributed by atoms with Crippen LogP contribution in [0.15, 0.2) is 97.2 Å². The number of urea groups is 1. The summed E-state index contributed by atoms with van der Waals surface area (Å²) in [5, 5.41) is 15.5. The number of hydrogen-bond donors (Lipinski definition) is 3. The first-order valence-corrected chi connectivity index (χ1v) is 15.7. The number of rotatable bonds is 8. The first kappa shape index (κ1) is 32.7. The number of aromatic nitrogens is 4. The summed E-state index contributed by atoms with van der Waals surface area (Å²) < 4.78 is 12.8. The van der Waals surface area contributed by atoms with Gasteiger partial charge in [-0.05, 0) is 61.9 Å². The monoisotopic (exact) mass is 655 g/mol. The zero-order valence-electron chi connectivity index (χ0n) is 28.2. The van der Waals surface area contributed by atoms with Crippen LogP contribution < -0.4 is 20.7 Å². The van der Waals surface area contributed by atoms with Crippen molar-refractivity contribution in [2.75, 3.05) is 23.1 Å². The van der Waals surface area contributed by atoms with E-state index in [-0.39, 0.29) is 11.4 Å². The van der Waals surface area contributed by atoms with Crippen molar-refractivity contribution in [3.05, 3.63) is 120 Å². The number of fused-ring (bicyclic) bond motifs is 1. The SMILES string of the molecule is COC(=O)c1cc(C)cc(Nc2nccc(Oc3ccc(NC(=O)Nc4cc(C(C)(C)C)nn4-c4ccc(C)cc4)c4ccccc34)n2)c1. The normalized spacial score (nSPS) is 11.2. The topological polar surface area (TPSA) is 132 Å². The van der Waals surface area contributed by atoms with Crippen molar-refractivity contribution < 1.29 is 19.1 Å². The summed E-state index contributed by atoms with van der Waals surface area (Å²) in [7, 11) is 1.34. The van der Waals surface area contributed by atoms with Gasteiger partial charge in [-0.15, -0.1) is 0 Å². The second kappa shape index (κ2) is 13.5. The zero-order valence-corrected chi connectivity index (χ0v) is 28.2. The molecular weight excluding hydrogens is 618 g/mol. The highest BCUT2D eigenvalue weighted by atomic mass is 16.5. The Morgan fingerprint density at radius 2 is 1.57 bits per heavy atom. The van der Waals surface area contributed by atoms with Crippen LogP contribution in [0.25, 0.3) is 16.5 Å². The lowest BCUT2D eigenvalue weighted by atomic mass is 9.92. The Morgan fingerprint density at radius 1 is 0.816 bits per heavy atom. The van der Waals surface area contributed by atoms with Crippen molar-refractivity contribution in [3.63, 3.8) is 0 Å². The number of methoxy groups -OCH3 is 1. The number of ether oxygens (including phenoxy) is 2. The van der Waals surface area contributed by atoms with E-state index in [4.69, 9.17) is 14.6 Å². The van der Waals surface area contributed by atoms with E-state index >= 15 is 0 Å². The van der Waals surface area contributed by atoms with Crippen molar-refractivity contribution in [2.24, 2.45) is 0 Å². The molecule has 0 aliphatic carbocycles. The lowest BCUT2D eigenvalue weighted by Gasteiger charge is -2.14. The Morgan fingerprint density at radius 3 is 2.31 bits per heavy atom. The first-order chi connectivity index (χ1) is 23.5. The molecule has 0 spiro atoms. The Labute approximate surface area is 284 Å². The summed E-state index contributed by atoms with van der Waals surface area (Å²) in [6, 6.07) is 27.6. The number of nitrogens with one attached hydrogen (secondary N) is 3. The van der Waals surface area contributed by atoms with Gasteiger partial charge in [0.2, 0.25) is 11.8 Å². The average Bonchev–Trinajstić information content (AvgIpc) is 3.50. The summed E-state index contributed by atoms with van der Waals surface area (Å²) >= 11 is 0. The van der Waals surface area contributed by atoms with Crippen LogP contribution in [-0.2, 0) is 10.2 Å². The highest BCUT2D eigenvalue weighted by molar-refractivity contribution is 6.07. The second-order valence-electron chi connectivity index (χ2n) is 12.7. The molecule has 0 saturated carbocycles. The average molecular weight is 656 g/mol. The van der Waals surface area contributed by atoms with Gasteiger partial charge in [0.1, 0.15) is 11.6 Å².